The predicted molar refractivity (Wildman–Crippen MR) is 55.1 cm³/mol. The van der Waals surface area contributed by atoms with E-state index in [1.807, 2.05) is 0 Å². The van der Waals surface area contributed by atoms with Crippen LogP contribution in [0.3, 0.4) is 0 Å². The minimum Gasteiger partial charge on any atom is -0.466 e. The van der Waals surface area contributed by atoms with Crippen LogP contribution in [0.5, 0.6) is 0 Å². The molecule has 80 valence electrons. The van der Waals surface area contributed by atoms with Gasteiger partial charge in [-0.15, -0.1) is 0 Å². The Morgan fingerprint density at radius 1 is 1.13 bits per heavy atom. The van der Waals surface area contributed by atoms with Crippen LogP contribution in [0.25, 0.3) is 0 Å². The highest BCUT2D eigenvalue weighted by molar-refractivity contribution is 6.14. The molecule has 0 atom stereocenters. The second-order valence-electron chi connectivity index (χ2n) is 2.74. The minimum absolute atomic E-state index is 0.121. The normalized spacial score (nSPS) is 12.9. The second-order valence-corrected chi connectivity index (χ2v) is 2.74. The maximum Gasteiger partial charge on any atom is 0.332 e. The molecule has 4 nitrogen and oxygen atoms in total. The van der Waals surface area contributed by atoms with Crippen LogP contribution in [0, 0.1) is 0 Å². The highest BCUT2D eigenvalue weighted by Crippen LogP contribution is 1.90. The van der Waals surface area contributed by atoms with Crippen LogP contribution >= 0.6 is 0 Å². The zero-order chi connectivity index (χ0) is 11.8. The van der Waals surface area contributed by atoms with Gasteiger partial charge < -0.3 is 4.74 Å². The first-order valence-corrected chi connectivity index (χ1v) is 4.15. The van der Waals surface area contributed by atoms with E-state index < -0.39 is 0 Å². The summed E-state index contributed by atoms with van der Waals surface area (Å²) in [7, 11) is 1.33. The Balaban J connectivity index is 0.000000265. The molecule has 0 amide bonds. The van der Waals surface area contributed by atoms with Gasteiger partial charge >= 0.3 is 5.97 Å². The van der Waals surface area contributed by atoms with Crippen LogP contribution < -0.4 is 0 Å². The molecule has 15 heavy (non-hydrogen) atoms. The van der Waals surface area contributed by atoms with Crippen molar-refractivity contribution in [2.45, 2.75) is 6.92 Å². The van der Waals surface area contributed by atoms with Crippen molar-refractivity contribution in [2.75, 3.05) is 7.11 Å². The van der Waals surface area contributed by atoms with E-state index >= 15 is 0 Å². The van der Waals surface area contributed by atoms with E-state index in [4.69, 9.17) is 0 Å². The van der Waals surface area contributed by atoms with Gasteiger partial charge in [-0.05, 0) is 31.2 Å². The van der Waals surface area contributed by atoms with Crippen molar-refractivity contribution in [2.24, 2.45) is 0 Å². The van der Waals surface area contributed by atoms with E-state index in [0.29, 0.717) is 5.57 Å². The van der Waals surface area contributed by atoms with E-state index in [0.717, 1.165) is 0 Å². The molecule has 1 rings (SSSR count). The summed E-state index contributed by atoms with van der Waals surface area (Å²) in [5.74, 6) is -0.589. The number of rotatable bonds is 1. The predicted octanol–water partition coefficient (Wildman–Crippen LogP) is 0.986. The van der Waals surface area contributed by atoms with E-state index in [2.05, 4.69) is 11.3 Å². The van der Waals surface area contributed by atoms with E-state index in [1.54, 1.807) is 6.92 Å². The third-order valence-corrected chi connectivity index (χ3v) is 1.36. The van der Waals surface area contributed by atoms with Gasteiger partial charge in [0.25, 0.3) is 0 Å². The van der Waals surface area contributed by atoms with Crippen molar-refractivity contribution in [3.8, 4) is 0 Å². The molecule has 0 saturated carbocycles. The summed E-state index contributed by atoms with van der Waals surface area (Å²) in [5, 5.41) is 0. The number of carbonyl (C=O) groups excluding carboxylic acids is 3. The van der Waals surface area contributed by atoms with Crippen molar-refractivity contribution in [3.63, 3.8) is 0 Å². The number of carbonyl (C=O) groups is 3. The third-order valence-electron chi connectivity index (χ3n) is 1.36. The quantitative estimate of drug-likeness (QED) is 0.366. The molecule has 0 fully saturated rings. The molecule has 0 spiro atoms. The van der Waals surface area contributed by atoms with Gasteiger partial charge in [0.1, 0.15) is 0 Å². The molecular formula is C11H12O4. The fraction of sp³-hybridized carbons (Fsp3) is 0.182. The average Bonchev–Trinajstić information content (AvgIpc) is 2.22. The first-order chi connectivity index (χ1) is 6.97. The number of hydrogen-bond acceptors (Lipinski definition) is 4. The molecule has 1 aliphatic rings. The number of allylic oxidation sites excluding steroid dienone is 4. The SMILES string of the molecule is C=C(C)C(=O)OC.O=C1C=CC(=O)C=C1. The molecule has 1 aliphatic carbocycles. The summed E-state index contributed by atoms with van der Waals surface area (Å²) < 4.78 is 4.27. The average molecular weight is 208 g/mol. The first kappa shape index (κ1) is 13.0. The minimum atomic E-state index is -0.347. The smallest absolute Gasteiger partial charge is 0.332 e. The van der Waals surface area contributed by atoms with E-state index in [1.165, 1.54) is 31.4 Å². The van der Waals surface area contributed by atoms with Crippen molar-refractivity contribution >= 4 is 17.5 Å². The van der Waals surface area contributed by atoms with Gasteiger partial charge in [-0.1, -0.05) is 6.58 Å². The van der Waals surface area contributed by atoms with E-state index in [9.17, 15) is 14.4 Å². The van der Waals surface area contributed by atoms with Gasteiger partial charge in [0.15, 0.2) is 11.6 Å². The lowest BCUT2D eigenvalue weighted by molar-refractivity contribution is -0.136. The molecule has 0 bridgehead atoms. The molecule has 0 heterocycles. The summed E-state index contributed by atoms with van der Waals surface area (Å²) in [6.07, 6.45) is 5.01. The second kappa shape index (κ2) is 6.48. The molecular weight excluding hydrogens is 196 g/mol. The number of esters is 1. The monoisotopic (exact) mass is 208 g/mol. The van der Waals surface area contributed by atoms with Crippen LogP contribution in [-0.2, 0) is 19.1 Å². The van der Waals surface area contributed by atoms with Crippen molar-refractivity contribution in [1.29, 1.82) is 0 Å². The fourth-order valence-corrected chi connectivity index (χ4v) is 0.614. The van der Waals surface area contributed by atoms with Crippen LogP contribution in [0.15, 0.2) is 36.5 Å². The standard InChI is InChI=1S/C6H4O2.C5H8O2/c7-5-1-2-6(8)4-3-5;1-4(2)5(6)7-3/h1-4H;1H2,2-3H3. The van der Waals surface area contributed by atoms with Gasteiger partial charge in [0, 0.05) is 5.57 Å². The van der Waals surface area contributed by atoms with E-state index in [-0.39, 0.29) is 17.5 Å². The summed E-state index contributed by atoms with van der Waals surface area (Å²) in [4.78, 5) is 30.8. The van der Waals surface area contributed by atoms with Gasteiger partial charge in [-0.25, -0.2) is 4.79 Å². The van der Waals surface area contributed by atoms with Gasteiger partial charge in [-0.2, -0.15) is 0 Å². The largest absolute Gasteiger partial charge is 0.466 e. The topological polar surface area (TPSA) is 60.4 Å². The molecule has 4 heteroatoms. The lowest BCUT2D eigenvalue weighted by Gasteiger charge is -1.91. The Hall–Kier alpha value is -1.97. The van der Waals surface area contributed by atoms with Crippen LogP contribution in [-0.4, -0.2) is 24.6 Å². The highest BCUT2D eigenvalue weighted by Gasteiger charge is 1.98. The molecule has 0 aromatic carbocycles. The summed E-state index contributed by atoms with van der Waals surface area (Å²) in [6.45, 7) is 4.95. The number of ether oxygens (including phenoxy) is 1. The Morgan fingerprint density at radius 2 is 1.47 bits per heavy atom. The van der Waals surface area contributed by atoms with Gasteiger partial charge in [-0.3, -0.25) is 9.59 Å². The summed E-state index contributed by atoms with van der Waals surface area (Å²) in [5.41, 5.74) is 0.433. The third kappa shape index (κ3) is 6.15. The first-order valence-electron chi connectivity index (χ1n) is 4.15. The molecule has 0 aliphatic heterocycles. The number of hydrogen-bond donors (Lipinski definition) is 0. The molecule has 0 unspecified atom stereocenters. The summed E-state index contributed by atoms with van der Waals surface area (Å²) in [6, 6.07) is 0. The van der Waals surface area contributed by atoms with Crippen molar-refractivity contribution < 1.29 is 19.1 Å². The Morgan fingerprint density at radius 3 is 1.60 bits per heavy atom. The Bertz CT molecular complexity index is 310. The molecule has 0 radical (unpaired) electrons. The van der Waals surface area contributed by atoms with Crippen LogP contribution in [0.4, 0.5) is 0 Å². The number of ketones is 2. The molecule has 0 N–H and O–H groups in total. The Kier molecular flexibility index (Phi) is 5.63. The van der Waals surface area contributed by atoms with Crippen LogP contribution in [0.2, 0.25) is 0 Å². The molecule has 0 saturated heterocycles. The zero-order valence-corrected chi connectivity index (χ0v) is 8.65. The lowest BCUT2D eigenvalue weighted by Crippen LogP contribution is -1.98. The van der Waals surface area contributed by atoms with Gasteiger partial charge in [0.05, 0.1) is 7.11 Å². The highest BCUT2D eigenvalue weighted by atomic mass is 16.5. The van der Waals surface area contributed by atoms with Crippen molar-refractivity contribution in [1.82, 2.24) is 0 Å². The summed E-state index contributed by atoms with van der Waals surface area (Å²) >= 11 is 0. The maximum absolute atomic E-state index is 10.3. The lowest BCUT2D eigenvalue weighted by atomic mass is 10.2. The Labute approximate surface area is 87.9 Å². The van der Waals surface area contributed by atoms with Crippen LogP contribution in [0.1, 0.15) is 6.92 Å². The molecule has 0 aromatic heterocycles. The maximum atomic E-state index is 10.3. The fourth-order valence-electron chi connectivity index (χ4n) is 0.614. The zero-order valence-electron chi connectivity index (χ0n) is 8.65. The van der Waals surface area contributed by atoms with Gasteiger partial charge in [0.2, 0.25) is 0 Å². The van der Waals surface area contributed by atoms with Crippen molar-refractivity contribution in [3.05, 3.63) is 36.5 Å². The number of methoxy groups -OCH3 is 1. The molecule has 0 aromatic rings.